The van der Waals surface area contributed by atoms with Crippen LogP contribution in [-0.4, -0.2) is 18.4 Å². The summed E-state index contributed by atoms with van der Waals surface area (Å²) in [6.07, 6.45) is -0.422. The lowest BCUT2D eigenvalue weighted by atomic mass is 10.1. The number of hydrogen-bond donors (Lipinski definition) is 0. The van der Waals surface area contributed by atoms with Gasteiger partial charge in [0.25, 0.3) is 0 Å². The summed E-state index contributed by atoms with van der Waals surface area (Å²) < 4.78 is 30.1. The van der Waals surface area contributed by atoms with Crippen LogP contribution in [0.2, 0.25) is 5.02 Å². The number of ether oxygens (including phenoxy) is 1. The third-order valence-corrected chi connectivity index (χ3v) is 2.30. The molecule has 17 heavy (non-hydrogen) atoms. The number of carbonyl (C=O) groups is 2. The van der Waals surface area contributed by atoms with Crippen molar-refractivity contribution < 1.29 is 23.1 Å². The summed E-state index contributed by atoms with van der Waals surface area (Å²) in [4.78, 5) is 22.3. The van der Waals surface area contributed by atoms with Crippen molar-refractivity contribution in [1.82, 2.24) is 0 Å². The van der Waals surface area contributed by atoms with E-state index in [0.29, 0.717) is 0 Å². The first-order valence-electron chi connectivity index (χ1n) is 4.79. The molecule has 0 aliphatic heterocycles. The zero-order valence-corrected chi connectivity index (χ0v) is 9.68. The first-order chi connectivity index (χ1) is 7.95. The molecule has 0 aromatic heterocycles. The van der Waals surface area contributed by atoms with Crippen molar-refractivity contribution in [1.29, 1.82) is 0 Å². The third kappa shape index (κ3) is 3.49. The first-order valence-corrected chi connectivity index (χ1v) is 5.16. The minimum atomic E-state index is -1.12. The lowest BCUT2D eigenvalue weighted by Gasteiger charge is -2.04. The minimum absolute atomic E-state index is 0.0450. The quantitative estimate of drug-likeness (QED) is 0.475. The average Bonchev–Trinajstić information content (AvgIpc) is 2.26. The molecular weight excluding hydrogens is 254 g/mol. The van der Waals surface area contributed by atoms with Gasteiger partial charge in [-0.25, -0.2) is 13.6 Å². The lowest BCUT2D eigenvalue weighted by Crippen LogP contribution is -2.19. The Balaban J connectivity index is 2.85. The van der Waals surface area contributed by atoms with Crippen molar-refractivity contribution in [3.8, 4) is 0 Å². The fourth-order valence-electron chi connectivity index (χ4n) is 1.16. The number of esters is 1. The van der Waals surface area contributed by atoms with Crippen LogP contribution in [0.5, 0.6) is 0 Å². The molecule has 6 heteroatoms. The molecule has 92 valence electrons. The van der Waals surface area contributed by atoms with Crippen LogP contribution >= 0.6 is 11.6 Å². The van der Waals surface area contributed by atoms with E-state index >= 15 is 0 Å². The molecule has 0 fully saturated rings. The summed E-state index contributed by atoms with van der Waals surface area (Å²) in [7, 11) is 0. The van der Waals surface area contributed by atoms with Gasteiger partial charge in [0, 0.05) is 11.4 Å². The maximum atomic E-state index is 12.9. The molecule has 0 radical (unpaired) electrons. The fourth-order valence-corrected chi connectivity index (χ4v) is 1.37. The van der Waals surface area contributed by atoms with Crippen LogP contribution in [0.1, 0.15) is 12.5 Å². The number of hydrogen-bond acceptors (Lipinski definition) is 3. The Bertz CT molecular complexity index is 460. The molecule has 1 aromatic rings. The van der Waals surface area contributed by atoms with E-state index in [1.54, 1.807) is 6.92 Å². The Kier molecular flexibility index (Phi) is 4.57. The number of Topliss-reactive ketones (excluding diaryl/α,β-unsaturated/α-hetero) is 1. The first kappa shape index (κ1) is 13.6. The average molecular weight is 263 g/mol. The molecule has 0 atom stereocenters. The van der Waals surface area contributed by atoms with E-state index in [2.05, 4.69) is 4.74 Å². The van der Waals surface area contributed by atoms with Crippen LogP contribution in [0, 0.1) is 11.6 Å². The molecule has 0 unspecified atom stereocenters. The minimum Gasteiger partial charge on any atom is -0.460 e. The van der Waals surface area contributed by atoms with Crippen molar-refractivity contribution >= 4 is 23.4 Å². The molecule has 0 aliphatic rings. The van der Waals surface area contributed by atoms with Crippen LogP contribution in [0.3, 0.4) is 0 Å². The van der Waals surface area contributed by atoms with E-state index < -0.39 is 29.8 Å². The normalized spacial score (nSPS) is 10.1. The number of rotatable bonds is 4. The summed E-state index contributed by atoms with van der Waals surface area (Å²) in [6.45, 7) is 1.62. The molecule has 0 saturated heterocycles. The molecular formula is C11H9ClF2O3. The molecule has 3 nitrogen and oxygen atoms in total. The summed E-state index contributed by atoms with van der Waals surface area (Å²) in [6, 6.07) is 1.54. The van der Waals surface area contributed by atoms with Gasteiger partial charge in [-0.1, -0.05) is 11.6 Å². The van der Waals surface area contributed by atoms with Crippen LogP contribution in [0.15, 0.2) is 12.1 Å². The van der Waals surface area contributed by atoms with E-state index in [1.807, 2.05) is 0 Å². The van der Waals surface area contributed by atoms with E-state index in [1.165, 1.54) is 0 Å². The van der Waals surface area contributed by atoms with Crippen LogP contribution in [-0.2, 0) is 20.7 Å². The van der Waals surface area contributed by atoms with Gasteiger partial charge in [0.15, 0.2) is 11.6 Å². The van der Waals surface area contributed by atoms with E-state index in [0.717, 1.165) is 12.1 Å². The second kappa shape index (κ2) is 5.72. The van der Waals surface area contributed by atoms with Crippen molar-refractivity contribution in [3.05, 3.63) is 34.4 Å². The zero-order valence-electron chi connectivity index (χ0n) is 8.93. The van der Waals surface area contributed by atoms with Gasteiger partial charge >= 0.3 is 5.97 Å². The predicted molar refractivity (Wildman–Crippen MR) is 56.7 cm³/mol. The maximum Gasteiger partial charge on any atom is 0.374 e. The molecule has 0 aliphatic carbocycles. The van der Waals surface area contributed by atoms with Gasteiger partial charge in [-0.05, 0) is 24.6 Å². The zero-order chi connectivity index (χ0) is 13.0. The molecule has 0 N–H and O–H groups in total. The monoisotopic (exact) mass is 262 g/mol. The fraction of sp³-hybridized carbons (Fsp3) is 0.273. The SMILES string of the molecule is CCOC(=O)C(=O)Cc1cc(F)c(F)cc1Cl. The number of carbonyl (C=O) groups excluding carboxylic acids is 2. The second-order valence-corrected chi connectivity index (χ2v) is 3.59. The van der Waals surface area contributed by atoms with Gasteiger partial charge in [0.05, 0.1) is 6.61 Å². The Morgan fingerprint density at radius 3 is 2.47 bits per heavy atom. The highest BCUT2D eigenvalue weighted by atomic mass is 35.5. The largest absolute Gasteiger partial charge is 0.460 e. The second-order valence-electron chi connectivity index (χ2n) is 3.18. The lowest BCUT2D eigenvalue weighted by molar-refractivity contribution is -0.153. The molecule has 0 saturated carbocycles. The highest BCUT2D eigenvalue weighted by Gasteiger charge is 2.18. The van der Waals surface area contributed by atoms with Crippen molar-refractivity contribution in [2.45, 2.75) is 13.3 Å². The van der Waals surface area contributed by atoms with Gasteiger partial charge in [-0.2, -0.15) is 0 Å². The maximum absolute atomic E-state index is 12.9. The molecule has 0 amide bonds. The number of halogens is 3. The molecule has 1 rings (SSSR count). The van der Waals surface area contributed by atoms with Crippen LogP contribution in [0.4, 0.5) is 8.78 Å². The van der Waals surface area contributed by atoms with Gasteiger partial charge in [0.2, 0.25) is 5.78 Å². The van der Waals surface area contributed by atoms with Gasteiger partial charge in [0.1, 0.15) is 0 Å². The number of ketones is 1. The highest BCUT2D eigenvalue weighted by molar-refractivity contribution is 6.35. The number of benzene rings is 1. The van der Waals surface area contributed by atoms with Gasteiger partial charge in [-0.3, -0.25) is 4.79 Å². The summed E-state index contributed by atoms with van der Waals surface area (Å²) in [5.41, 5.74) is 0.0450. The van der Waals surface area contributed by atoms with Gasteiger partial charge in [-0.15, -0.1) is 0 Å². The van der Waals surface area contributed by atoms with E-state index in [-0.39, 0.29) is 17.2 Å². The van der Waals surface area contributed by atoms with Crippen LogP contribution < -0.4 is 0 Å². The topological polar surface area (TPSA) is 43.4 Å². The standard InChI is InChI=1S/C11H9ClF2O3/c1-2-17-11(16)10(15)4-6-3-8(13)9(14)5-7(6)12/h3,5H,2,4H2,1H3. The summed E-state index contributed by atoms with van der Waals surface area (Å²) in [5.74, 6) is -4.11. The summed E-state index contributed by atoms with van der Waals surface area (Å²) >= 11 is 5.62. The van der Waals surface area contributed by atoms with Crippen LogP contribution in [0.25, 0.3) is 0 Å². The van der Waals surface area contributed by atoms with E-state index in [9.17, 15) is 18.4 Å². The summed E-state index contributed by atoms with van der Waals surface area (Å²) in [5, 5.41) is -0.110. The highest BCUT2D eigenvalue weighted by Crippen LogP contribution is 2.20. The van der Waals surface area contributed by atoms with Crippen molar-refractivity contribution in [2.75, 3.05) is 6.61 Å². The molecule has 1 aromatic carbocycles. The Morgan fingerprint density at radius 2 is 1.88 bits per heavy atom. The molecule has 0 bridgehead atoms. The Hall–Kier alpha value is -1.49. The smallest absolute Gasteiger partial charge is 0.374 e. The van der Waals surface area contributed by atoms with Gasteiger partial charge < -0.3 is 4.74 Å². The Labute approximate surface area is 101 Å². The molecule has 0 spiro atoms. The Morgan fingerprint density at radius 1 is 1.29 bits per heavy atom. The third-order valence-electron chi connectivity index (χ3n) is 1.94. The van der Waals surface area contributed by atoms with E-state index in [4.69, 9.17) is 11.6 Å². The predicted octanol–water partition coefficient (Wildman–Crippen LogP) is 2.29. The molecule has 0 heterocycles. The van der Waals surface area contributed by atoms with Crippen molar-refractivity contribution in [2.24, 2.45) is 0 Å². The van der Waals surface area contributed by atoms with Crippen molar-refractivity contribution in [3.63, 3.8) is 0 Å².